The number of methoxy groups -OCH3 is 2. The fourth-order valence-electron chi connectivity index (χ4n) is 1.50. The number of esters is 1. The van der Waals surface area contributed by atoms with Gasteiger partial charge in [0, 0.05) is 41.7 Å². The Morgan fingerprint density at radius 3 is 1.90 bits per heavy atom. The van der Waals surface area contributed by atoms with Crippen LogP contribution in [0.25, 0.3) is 0 Å². The molecule has 1 rings (SSSR count). The second-order valence-electron chi connectivity index (χ2n) is 3.59. The molecule has 0 aromatic carbocycles. The van der Waals surface area contributed by atoms with E-state index < -0.39 is 0 Å². The molecule has 0 heterocycles. The average molecular weight is 493 g/mol. The molecule has 0 spiro atoms. The van der Waals surface area contributed by atoms with E-state index in [4.69, 9.17) is 12.6 Å². The Kier molecular flexibility index (Phi) is 52.0. The van der Waals surface area contributed by atoms with E-state index in [2.05, 4.69) is 17.5 Å². The van der Waals surface area contributed by atoms with E-state index in [-0.39, 0.29) is 60.4 Å². The van der Waals surface area contributed by atoms with Crippen LogP contribution in [0.15, 0.2) is 0 Å². The summed E-state index contributed by atoms with van der Waals surface area (Å²) in [7, 11) is 11.6. The maximum atomic E-state index is 9.59. The van der Waals surface area contributed by atoms with Crippen molar-refractivity contribution >= 4 is 13.8 Å². The normalized spacial score (nSPS) is 17.9. The average Bonchev–Trinajstić information content (AvgIpc) is 2.68. The number of carbonyl (C=O) groups excluding carboxylic acids is 1. The summed E-state index contributed by atoms with van der Waals surface area (Å²) in [4.78, 5) is 9.59. The monoisotopic (exact) mass is 493 g/mol. The van der Waals surface area contributed by atoms with Crippen molar-refractivity contribution in [3.8, 4) is 0 Å². The topological polar surface area (TPSA) is 61.5 Å². The van der Waals surface area contributed by atoms with Crippen LogP contribution in [0.1, 0.15) is 26.2 Å². The molecule has 0 amide bonds. The van der Waals surface area contributed by atoms with Crippen molar-refractivity contribution in [2.75, 3.05) is 20.8 Å². The molecule has 0 saturated heterocycles. The summed E-state index contributed by atoms with van der Waals surface area (Å²) in [5.41, 5.74) is 4.25. The number of carbonyl (C=O) groups is 1. The second kappa shape index (κ2) is 28.0. The molecule has 0 bridgehead atoms. The number of nitrogens with two attached hydrogens (primary N) is 1. The minimum absolute atomic E-state index is 0. The molecular weight excluding hydrogens is 464 g/mol. The van der Waals surface area contributed by atoms with Gasteiger partial charge in [-0.2, -0.15) is 0 Å². The zero-order valence-electron chi connectivity index (χ0n) is 13.4. The minimum atomic E-state index is -0.245. The van der Waals surface area contributed by atoms with Crippen LogP contribution in [0.2, 0.25) is 5.82 Å². The van der Waals surface area contributed by atoms with Gasteiger partial charge in [-0.05, 0) is 12.3 Å². The quantitative estimate of drug-likeness (QED) is 0.365. The van der Waals surface area contributed by atoms with Crippen LogP contribution in [0.4, 0.5) is 0 Å². The molecule has 4 nitrogen and oxygen atoms in total. The molecule has 0 aliphatic heterocycles. The predicted molar refractivity (Wildman–Crippen MR) is 78.8 cm³/mol. The molecule has 119 valence electrons. The summed E-state index contributed by atoms with van der Waals surface area (Å²) in [5, 5.41) is 0. The van der Waals surface area contributed by atoms with Crippen LogP contribution in [-0.2, 0) is 53.9 Å². The van der Waals surface area contributed by atoms with Crippen molar-refractivity contribution in [3.63, 3.8) is 0 Å². The molecule has 20 heavy (non-hydrogen) atoms. The van der Waals surface area contributed by atoms with Crippen molar-refractivity contribution in [1.29, 1.82) is 0 Å². The Bertz CT molecular complexity index is 178. The smallest absolute Gasteiger partial charge is 0.486 e. The fraction of sp³-hybridized carbons (Fsp3) is 0.692. The molecule has 3 radical (unpaired) electrons. The van der Waals surface area contributed by atoms with Crippen molar-refractivity contribution in [2.45, 2.75) is 32.0 Å². The first-order chi connectivity index (χ1) is 7.60. The zero-order chi connectivity index (χ0) is 13.0. The SMILES string of the molecule is COC(C)=O.[B]C1CCC(COC)C1.[CH2-]N.[CH3-].[CH3-].[V+2].[W]. The van der Waals surface area contributed by atoms with Crippen LogP contribution in [0.3, 0.4) is 0 Å². The summed E-state index contributed by atoms with van der Waals surface area (Å²) >= 11 is 0. The van der Waals surface area contributed by atoms with E-state index in [0.29, 0.717) is 5.82 Å². The van der Waals surface area contributed by atoms with Crippen LogP contribution in [-0.4, -0.2) is 34.6 Å². The first kappa shape index (κ1) is 37.2. The van der Waals surface area contributed by atoms with Gasteiger partial charge in [-0.25, -0.2) is 0 Å². The molecule has 0 aromatic heterocycles. The summed E-state index contributed by atoms with van der Waals surface area (Å²) in [5.74, 6) is 0.945. The number of hydrogen-bond acceptors (Lipinski definition) is 4. The number of ether oxygens (including phenoxy) is 2. The number of hydrogen-bond donors (Lipinski definition) is 1. The molecule has 2 atom stereocenters. The van der Waals surface area contributed by atoms with Crippen LogP contribution in [0.5, 0.6) is 0 Å². The standard InChI is InChI=1S/C7H13BO.C3H6O2.CH4N.2CH3.V.W/c1-9-5-6-2-3-7(8)4-6;1-3(4)5-2;1-2;;;;/h6-7H,2-5H2,1H3;1-2H3;1-2H2;2*1H3;;/q;;3*-1;+2;. The first-order valence-corrected chi connectivity index (χ1v) is 5.30. The molecular formula is C13H29BNO3VW-. The predicted octanol–water partition coefficient (Wildman–Crippen LogP) is 2.20. The summed E-state index contributed by atoms with van der Waals surface area (Å²) in [6.45, 7) is 2.26. The fourth-order valence-corrected chi connectivity index (χ4v) is 1.50. The first-order valence-electron chi connectivity index (χ1n) is 5.30. The third-order valence-electron chi connectivity index (χ3n) is 2.27. The van der Waals surface area contributed by atoms with Crippen molar-refractivity contribution in [2.24, 2.45) is 11.7 Å². The van der Waals surface area contributed by atoms with E-state index in [0.717, 1.165) is 18.9 Å². The van der Waals surface area contributed by atoms with Gasteiger partial charge in [0.2, 0.25) is 0 Å². The van der Waals surface area contributed by atoms with Gasteiger partial charge in [0.25, 0.3) is 0 Å². The van der Waals surface area contributed by atoms with Gasteiger partial charge in [0.15, 0.2) is 0 Å². The van der Waals surface area contributed by atoms with Gasteiger partial charge >= 0.3 is 24.5 Å². The van der Waals surface area contributed by atoms with E-state index in [1.807, 2.05) is 0 Å². The van der Waals surface area contributed by atoms with E-state index >= 15 is 0 Å². The minimum Gasteiger partial charge on any atom is -0.486 e. The Balaban J connectivity index is -0.0000000399. The molecule has 0 aromatic rings. The maximum absolute atomic E-state index is 9.59. The molecule has 2 N–H and O–H groups in total. The Hall–Kier alpha value is 0.728. The van der Waals surface area contributed by atoms with Crippen LogP contribution in [0, 0.1) is 27.8 Å². The van der Waals surface area contributed by atoms with E-state index in [9.17, 15) is 4.79 Å². The van der Waals surface area contributed by atoms with Gasteiger partial charge < -0.3 is 30.1 Å². The third kappa shape index (κ3) is 27.1. The third-order valence-corrected chi connectivity index (χ3v) is 2.27. The molecule has 1 saturated carbocycles. The maximum Gasteiger partial charge on any atom is 2.00 e. The molecule has 2 unspecified atom stereocenters. The van der Waals surface area contributed by atoms with Crippen molar-refractivity contribution in [3.05, 3.63) is 21.9 Å². The summed E-state index contributed by atoms with van der Waals surface area (Å²) in [6, 6.07) is 0. The second-order valence-corrected chi connectivity index (χ2v) is 3.59. The van der Waals surface area contributed by atoms with Crippen LogP contribution >= 0.6 is 0 Å². The molecule has 7 heteroatoms. The van der Waals surface area contributed by atoms with Gasteiger partial charge in [0.05, 0.1) is 15.0 Å². The number of rotatable bonds is 2. The van der Waals surface area contributed by atoms with E-state index in [1.165, 1.54) is 26.9 Å². The summed E-state index contributed by atoms with van der Waals surface area (Å²) < 4.78 is 9.13. The summed E-state index contributed by atoms with van der Waals surface area (Å²) in [6.07, 6.45) is 3.61. The van der Waals surface area contributed by atoms with Gasteiger partial charge in [-0.1, -0.05) is 18.7 Å². The van der Waals surface area contributed by atoms with Crippen molar-refractivity contribution < 1.29 is 53.9 Å². The van der Waals surface area contributed by atoms with Gasteiger partial charge in [-0.15, -0.1) is 0 Å². The van der Waals surface area contributed by atoms with Crippen LogP contribution < -0.4 is 5.73 Å². The van der Waals surface area contributed by atoms with Gasteiger partial charge in [0.1, 0.15) is 0 Å². The molecule has 1 fully saturated rings. The van der Waals surface area contributed by atoms with E-state index in [1.54, 1.807) is 7.11 Å². The Labute approximate surface area is 153 Å². The zero-order valence-corrected chi connectivity index (χ0v) is 17.8. The Morgan fingerprint density at radius 2 is 1.70 bits per heavy atom. The Morgan fingerprint density at radius 1 is 1.30 bits per heavy atom. The van der Waals surface area contributed by atoms with Gasteiger partial charge in [-0.3, -0.25) is 11.8 Å². The largest absolute Gasteiger partial charge is 2.00 e. The molecule has 1 aliphatic rings. The van der Waals surface area contributed by atoms with Crippen molar-refractivity contribution in [1.82, 2.24) is 0 Å². The molecule has 1 aliphatic carbocycles.